The summed E-state index contributed by atoms with van der Waals surface area (Å²) in [6.07, 6.45) is 2.22. The third-order valence-electron chi connectivity index (χ3n) is 4.82. The second-order valence-corrected chi connectivity index (χ2v) is 6.91. The smallest absolute Gasteiger partial charge is 0.255 e. The van der Waals surface area contributed by atoms with Crippen LogP contribution in [0.25, 0.3) is 5.65 Å². The van der Waals surface area contributed by atoms with Crippen LogP contribution < -0.4 is 15.4 Å². The maximum Gasteiger partial charge on any atom is 0.255 e. The van der Waals surface area contributed by atoms with E-state index >= 15 is 0 Å². The predicted molar refractivity (Wildman–Crippen MR) is 106 cm³/mol. The third kappa shape index (κ3) is 3.11. The fourth-order valence-electron chi connectivity index (χ4n) is 3.48. The van der Waals surface area contributed by atoms with Gasteiger partial charge < -0.3 is 19.8 Å². The maximum absolute atomic E-state index is 13.1. The SMILES string of the molecule is [B]C1(NC(=O)c2ccn3c(C)cc(NC(C)=O)nc23)CCOc2ccccc21. The van der Waals surface area contributed by atoms with E-state index in [1.165, 1.54) is 6.92 Å². The molecular weight excluding hydrogens is 355 g/mol. The maximum atomic E-state index is 13.1. The van der Waals surface area contributed by atoms with Crippen LogP contribution in [0.2, 0.25) is 0 Å². The minimum Gasteiger partial charge on any atom is -0.493 e. The summed E-state index contributed by atoms with van der Waals surface area (Å²) in [6.45, 7) is 3.70. The summed E-state index contributed by atoms with van der Waals surface area (Å²) >= 11 is 0. The molecule has 0 spiro atoms. The summed E-state index contributed by atoms with van der Waals surface area (Å²) in [4.78, 5) is 28.9. The van der Waals surface area contributed by atoms with Crippen molar-refractivity contribution in [3.05, 3.63) is 59.4 Å². The second kappa shape index (κ2) is 6.71. The molecule has 0 bridgehead atoms. The Morgan fingerprint density at radius 1 is 1.29 bits per heavy atom. The molecular formula is C20H19BN4O3. The monoisotopic (exact) mass is 374 g/mol. The number of hydrogen-bond donors (Lipinski definition) is 2. The van der Waals surface area contributed by atoms with Crippen LogP contribution in [0.1, 0.15) is 35.0 Å². The number of aryl methyl sites for hydroxylation is 1. The van der Waals surface area contributed by atoms with Crippen molar-refractivity contribution in [2.24, 2.45) is 0 Å². The normalized spacial score (nSPS) is 18.2. The van der Waals surface area contributed by atoms with Gasteiger partial charge in [-0.3, -0.25) is 9.59 Å². The second-order valence-electron chi connectivity index (χ2n) is 6.91. The summed E-state index contributed by atoms with van der Waals surface area (Å²) < 4.78 is 7.43. The highest BCUT2D eigenvalue weighted by molar-refractivity contribution is 6.18. The Bertz CT molecular complexity index is 1090. The quantitative estimate of drug-likeness (QED) is 0.688. The van der Waals surface area contributed by atoms with Gasteiger partial charge in [-0.15, -0.1) is 0 Å². The molecule has 1 atom stereocenters. The molecule has 28 heavy (non-hydrogen) atoms. The van der Waals surface area contributed by atoms with Crippen LogP contribution in [0, 0.1) is 6.92 Å². The van der Waals surface area contributed by atoms with E-state index in [1.54, 1.807) is 22.7 Å². The van der Waals surface area contributed by atoms with Crippen molar-refractivity contribution in [2.75, 3.05) is 11.9 Å². The molecule has 7 nitrogen and oxygen atoms in total. The van der Waals surface area contributed by atoms with Crippen molar-refractivity contribution in [1.29, 1.82) is 0 Å². The zero-order valence-corrected chi connectivity index (χ0v) is 15.7. The molecule has 1 aliphatic rings. The van der Waals surface area contributed by atoms with E-state index in [4.69, 9.17) is 12.6 Å². The van der Waals surface area contributed by atoms with Crippen LogP contribution in [0.15, 0.2) is 42.6 Å². The van der Waals surface area contributed by atoms with Crippen LogP contribution in [-0.2, 0) is 10.2 Å². The van der Waals surface area contributed by atoms with Crippen LogP contribution in [0.5, 0.6) is 5.75 Å². The predicted octanol–water partition coefficient (Wildman–Crippen LogP) is 2.13. The number of aromatic nitrogens is 2. The zero-order chi connectivity index (χ0) is 19.9. The van der Waals surface area contributed by atoms with E-state index in [1.807, 2.05) is 31.2 Å². The van der Waals surface area contributed by atoms with Gasteiger partial charge in [0.2, 0.25) is 5.91 Å². The van der Waals surface area contributed by atoms with Gasteiger partial charge in [0.05, 0.1) is 12.2 Å². The highest BCUT2D eigenvalue weighted by Gasteiger charge is 2.34. The van der Waals surface area contributed by atoms with Crippen molar-refractivity contribution >= 4 is 31.1 Å². The minimum absolute atomic E-state index is 0.228. The molecule has 1 aliphatic heterocycles. The molecule has 2 radical (unpaired) electrons. The van der Waals surface area contributed by atoms with Crippen molar-refractivity contribution in [2.45, 2.75) is 25.7 Å². The summed E-state index contributed by atoms with van der Waals surface area (Å²) in [5.74, 6) is 0.492. The number of nitrogens with zero attached hydrogens (tertiary/aromatic N) is 2. The summed E-state index contributed by atoms with van der Waals surface area (Å²) in [5.41, 5.74) is 1.37. The number of anilines is 1. The number of hydrogen-bond acceptors (Lipinski definition) is 4. The molecule has 3 heterocycles. The molecule has 0 fully saturated rings. The van der Waals surface area contributed by atoms with Crippen molar-refractivity contribution in [1.82, 2.24) is 14.7 Å². The Kier molecular flexibility index (Phi) is 4.33. The number of fused-ring (bicyclic) bond motifs is 2. The number of para-hydroxylation sites is 1. The number of ether oxygens (including phenoxy) is 1. The Morgan fingerprint density at radius 3 is 2.86 bits per heavy atom. The lowest BCUT2D eigenvalue weighted by molar-refractivity contribution is -0.114. The summed E-state index contributed by atoms with van der Waals surface area (Å²) in [6, 6.07) is 10.8. The lowest BCUT2D eigenvalue weighted by Crippen LogP contribution is -2.49. The molecule has 2 aromatic heterocycles. The molecule has 3 aromatic rings. The highest BCUT2D eigenvalue weighted by atomic mass is 16.5. The Labute approximate surface area is 163 Å². The van der Waals surface area contributed by atoms with Crippen LogP contribution >= 0.6 is 0 Å². The number of rotatable bonds is 3. The Morgan fingerprint density at radius 2 is 2.07 bits per heavy atom. The van der Waals surface area contributed by atoms with E-state index < -0.39 is 5.44 Å². The highest BCUT2D eigenvalue weighted by Crippen LogP contribution is 2.35. The topological polar surface area (TPSA) is 84.7 Å². The standard InChI is InChI=1S/C20H19BN4O3/c1-12-11-17(22-13(2)26)23-18-14(7-9-25(12)18)19(27)24-20(21)8-10-28-16-6-4-3-5-15(16)20/h3-7,9,11H,8,10H2,1-2H3,(H,24,27)(H,22,23,26). The van der Waals surface area contributed by atoms with Gasteiger partial charge in [0.15, 0.2) is 5.65 Å². The van der Waals surface area contributed by atoms with E-state index in [-0.39, 0.29) is 11.8 Å². The lowest BCUT2D eigenvalue weighted by Gasteiger charge is -2.37. The Hall–Kier alpha value is -3.29. The van der Waals surface area contributed by atoms with Gasteiger partial charge in [-0.2, -0.15) is 0 Å². The average molecular weight is 374 g/mol. The van der Waals surface area contributed by atoms with Gasteiger partial charge in [0, 0.05) is 42.3 Å². The first-order valence-corrected chi connectivity index (χ1v) is 8.97. The first-order chi connectivity index (χ1) is 13.4. The van der Waals surface area contributed by atoms with E-state index in [0.29, 0.717) is 35.8 Å². The van der Waals surface area contributed by atoms with Crippen molar-refractivity contribution in [3.8, 4) is 5.75 Å². The fourth-order valence-corrected chi connectivity index (χ4v) is 3.48. The number of nitrogens with one attached hydrogen (secondary N) is 2. The van der Waals surface area contributed by atoms with E-state index in [2.05, 4.69) is 15.6 Å². The van der Waals surface area contributed by atoms with Crippen LogP contribution in [0.4, 0.5) is 5.82 Å². The van der Waals surface area contributed by atoms with Gasteiger partial charge in [0.25, 0.3) is 5.91 Å². The fraction of sp³-hybridized carbons (Fsp3) is 0.250. The molecule has 4 rings (SSSR count). The van der Waals surface area contributed by atoms with Gasteiger partial charge in [-0.1, -0.05) is 18.2 Å². The van der Waals surface area contributed by atoms with Gasteiger partial charge >= 0.3 is 0 Å². The van der Waals surface area contributed by atoms with Crippen molar-refractivity contribution < 1.29 is 14.3 Å². The molecule has 0 aliphatic carbocycles. The molecule has 2 N–H and O–H groups in total. The number of carbonyl (C=O) groups is 2. The molecule has 8 heteroatoms. The number of amides is 2. The zero-order valence-electron chi connectivity index (χ0n) is 15.7. The summed E-state index contributed by atoms with van der Waals surface area (Å²) in [5, 5.41) is 5.60. The molecule has 140 valence electrons. The molecule has 0 saturated heterocycles. The van der Waals surface area contributed by atoms with Gasteiger partial charge in [0.1, 0.15) is 19.4 Å². The molecule has 0 saturated carbocycles. The van der Waals surface area contributed by atoms with E-state index in [0.717, 1.165) is 11.3 Å². The van der Waals surface area contributed by atoms with Gasteiger partial charge in [-0.05, 0) is 19.1 Å². The average Bonchev–Trinajstić information content (AvgIpc) is 3.06. The van der Waals surface area contributed by atoms with Gasteiger partial charge in [-0.25, -0.2) is 4.98 Å². The molecule has 2 amide bonds. The van der Waals surface area contributed by atoms with Crippen LogP contribution in [0.3, 0.4) is 0 Å². The first kappa shape index (κ1) is 18.1. The van der Waals surface area contributed by atoms with Crippen LogP contribution in [-0.4, -0.2) is 35.7 Å². The first-order valence-electron chi connectivity index (χ1n) is 8.97. The largest absolute Gasteiger partial charge is 0.493 e. The van der Waals surface area contributed by atoms with Crippen molar-refractivity contribution in [3.63, 3.8) is 0 Å². The Balaban J connectivity index is 1.70. The molecule has 1 aromatic carbocycles. The third-order valence-corrected chi connectivity index (χ3v) is 4.82. The van der Waals surface area contributed by atoms with E-state index in [9.17, 15) is 9.59 Å². The summed E-state index contributed by atoms with van der Waals surface area (Å²) in [7, 11) is 6.55. The molecule has 1 unspecified atom stereocenters. The number of benzene rings is 1. The minimum atomic E-state index is -1.04. The number of carbonyl (C=O) groups excluding carboxylic acids is 2. The lowest BCUT2D eigenvalue weighted by atomic mass is 9.68.